The van der Waals surface area contributed by atoms with Gasteiger partial charge in [-0.1, -0.05) is 11.6 Å². The molecule has 1 amide bonds. The number of halogens is 2. The molecule has 6 heteroatoms. The summed E-state index contributed by atoms with van der Waals surface area (Å²) >= 11 is 5.93. The maximum Gasteiger partial charge on any atom is 0.256 e. The summed E-state index contributed by atoms with van der Waals surface area (Å²) in [5, 5.41) is 0.271. The quantitative estimate of drug-likeness (QED) is 0.847. The zero-order valence-corrected chi connectivity index (χ0v) is 11.6. The molecule has 4 nitrogen and oxygen atoms in total. The summed E-state index contributed by atoms with van der Waals surface area (Å²) in [7, 11) is 0. The van der Waals surface area contributed by atoms with E-state index in [2.05, 4.69) is 4.98 Å². The fourth-order valence-electron chi connectivity index (χ4n) is 2.16. The predicted octanol–water partition coefficient (Wildman–Crippen LogP) is 1.97. The first-order chi connectivity index (χ1) is 8.22. The summed E-state index contributed by atoms with van der Waals surface area (Å²) < 4.78 is 0. The maximum absolute atomic E-state index is 12.2. The van der Waals surface area contributed by atoms with Crippen LogP contribution in [0.25, 0.3) is 0 Å². The second-order valence-corrected chi connectivity index (χ2v) is 4.69. The van der Waals surface area contributed by atoms with Crippen LogP contribution in [-0.2, 0) is 0 Å². The van der Waals surface area contributed by atoms with Gasteiger partial charge in [0.1, 0.15) is 5.15 Å². The second-order valence-electron chi connectivity index (χ2n) is 4.34. The highest BCUT2D eigenvalue weighted by Gasteiger charge is 2.24. The largest absolute Gasteiger partial charge is 0.338 e. The van der Waals surface area contributed by atoms with Crippen LogP contribution in [0.15, 0.2) is 18.3 Å². The lowest BCUT2D eigenvalue weighted by atomic mass is 9.98. The Kier molecular flexibility index (Phi) is 5.85. The zero-order valence-electron chi connectivity index (χ0n) is 10.0. The number of piperidine rings is 1. The molecule has 0 aromatic carbocycles. The smallest absolute Gasteiger partial charge is 0.256 e. The summed E-state index contributed by atoms with van der Waals surface area (Å²) in [6, 6.07) is 3.44. The first kappa shape index (κ1) is 15.2. The van der Waals surface area contributed by atoms with Crippen molar-refractivity contribution in [3.8, 4) is 0 Å². The lowest BCUT2D eigenvalue weighted by Gasteiger charge is -2.32. The van der Waals surface area contributed by atoms with Crippen LogP contribution in [0.1, 0.15) is 23.2 Å². The summed E-state index contributed by atoms with van der Waals surface area (Å²) in [5.74, 6) is 0.365. The average molecular weight is 290 g/mol. The fourth-order valence-corrected chi connectivity index (χ4v) is 2.36. The number of carbonyl (C=O) groups is 1. The van der Waals surface area contributed by atoms with Crippen molar-refractivity contribution < 1.29 is 4.79 Å². The standard InChI is InChI=1S/C12H16ClN3O.ClH/c13-11-10(4-1-5-15-11)12(17)16-6-2-3-9(7-14)8-16;/h1,4-5,9H,2-3,6-8,14H2;1H. The molecule has 100 valence electrons. The van der Waals surface area contributed by atoms with Gasteiger partial charge in [-0.15, -0.1) is 12.4 Å². The number of likely N-dealkylation sites (tertiary alicyclic amines) is 1. The number of carbonyl (C=O) groups excluding carboxylic acids is 1. The Balaban J connectivity index is 0.00000162. The third kappa shape index (κ3) is 3.34. The molecule has 1 saturated heterocycles. The zero-order chi connectivity index (χ0) is 12.3. The Morgan fingerprint density at radius 1 is 1.61 bits per heavy atom. The summed E-state index contributed by atoms with van der Waals surface area (Å²) in [5.41, 5.74) is 6.14. The van der Waals surface area contributed by atoms with Gasteiger partial charge < -0.3 is 10.6 Å². The van der Waals surface area contributed by atoms with E-state index in [4.69, 9.17) is 17.3 Å². The minimum absolute atomic E-state index is 0. The van der Waals surface area contributed by atoms with Gasteiger partial charge in [-0.25, -0.2) is 4.98 Å². The van der Waals surface area contributed by atoms with E-state index in [1.807, 2.05) is 4.90 Å². The van der Waals surface area contributed by atoms with Crippen molar-refractivity contribution in [2.75, 3.05) is 19.6 Å². The molecule has 0 spiro atoms. The molecule has 0 radical (unpaired) electrons. The van der Waals surface area contributed by atoms with Gasteiger partial charge in [0, 0.05) is 19.3 Å². The number of nitrogens with two attached hydrogens (primary N) is 1. The average Bonchev–Trinajstić information content (AvgIpc) is 2.38. The highest BCUT2D eigenvalue weighted by Crippen LogP contribution is 2.20. The lowest BCUT2D eigenvalue weighted by molar-refractivity contribution is 0.0678. The van der Waals surface area contributed by atoms with E-state index in [1.165, 1.54) is 0 Å². The van der Waals surface area contributed by atoms with Gasteiger partial charge in [-0.05, 0) is 37.4 Å². The highest BCUT2D eigenvalue weighted by molar-refractivity contribution is 6.32. The van der Waals surface area contributed by atoms with Crippen LogP contribution in [0.2, 0.25) is 5.15 Å². The van der Waals surface area contributed by atoms with Crippen molar-refractivity contribution in [2.45, 2.75) is 12.8 Å². The van der Waals surface area contributed by atoms with E-state index >= 15 is 0 Å². The molecule has 1 aromatic heterocycles. The van der Waals surface area contributed by atoms with Crippen molar-refractivity contribution in [1.29, 1.82) is 0 Å². The molecule has 0 bridgehead atoms. The Morgan fingerprint density at radius 2 is 2.39 bits per heavy atom. The second kappa shape index (κ2) is 6.92. The fraction of sp³-hybridized carbons (Fsp3) is 0.500. The Morgan fingerprint density at radius 3 is 3.06 bits per heavy atom. The third-order valence-corrected chi connectivity index (χ3v) is 3.43. The first-order valence-electron chi connectivity index (χ1n) is 5.82. The Bertz CT molecular complexity index is 414. The van der Waals surface area contributed by atoms with E-state index < -0.39 is 0 Å². The van der Waals surface area contributed by atoms with Crippen molar-refractivity contribution in [3.05, 3.63) is 29.0 Å². The van der Waals surface area contributed by atoms with Crippen molar-refractivity contribution in [1.82, 2.24) is 9.88 Å². The Hall–Kier alpha value is -0.840. The number of amides is 1. The monoisotopic (exact) mass is 289 g/mol. The highest BCUT2D eigenvalue weighted by atomic mass is 35.5. The van der Waals surface area contributed by atoms with E-state index in [1.54, 1.807) is 18.3 Å². The normalized spacial score (nSPS) is 19.2. The molecular weight excluding hydrogens is 273 g/mol. The number of hydrogen-bond acceptors (Lipinski definition) is 3. The summed E-state index contributed by atoms with van der Waals surface area (Å²) in [6.45, 7) is 2.13. The van der Waals surface area contributed by atoms with Gasteiger partial charge >= 0.3 is 0 Å². The molecule has 1 aliphatic heterocycles. The Labute approximate surface area is 118 Å². The minimum Gasteiger partial charge on any atom is -0.338 e. The van der Waals surface area contributed by atoms with Gasteiger partial charge in [0.2, 0.25) is 0 Å². The van der Waals surface area contributed by atoms with Gasteiger partial charge in [0.25, 0.3) is 5.91 Å². The SMILES string of the molecule is Cl.NCC1CCCN(C(=O)c2cccnc2Cl)C1. The van der Waals surface area contributed by atoms with Gasteiger partial charge in [0.05, 0.1) is 5.56 Å². The molecular formula is C12H17Cl2N3O. The van der Waals surface area contributed by atoms with Crippen LogP contribution >= 0.6 is 24.0 Å². The summed E-state index contributed by atoms with van der Waals surface area (Å²) in [4.78, 5) is 18.0. The topological polar surface area (TPSA) is 59.2 Å². The number of aromatic nitrogens is 1. The van der Waals surface area contributed by atoms with Crippen molar-refractivity contribution in [2.24, 2.45) is 11.7 Å². The molecule has 18 heavy (non-hydrogen) atoms. The predicted molar refractivity (Wildman–Crippen MR) is 74.2 cm³/mol. The van der Waals surface area contributed by atoms with Crippen LogP contribution in [0.3, 0.4) is 0 Å². The van der Waals surface area contributed by atoms with Crippen LogP contribution < -0.4 is 5.73 Å². The molecule has 0 aliphatic carbocycles. The van der Waals surface area contributed by atoms with Gasteiger partial charge in [-0.3, -0.25) is 4.79 Å². The lowest BCUT2D eigenvalue weighted by Crippen LogP contribution is -2.42. The van der Waals surface area contributed by atoms with E-state index in [0.717, 1.165) is 25.9 Å². The minimum atomic E-state index is -0.0405. The molecule has 1 aromatic rings. The summed E-state index contributed by atoms with van der Waals surface area (Å²) in [6.07, 6.45) is 3.69. The van der Waals surface area contributed by atoms with Gasteiger partial charge in [0.15, 0.2) is 0 Å². The van der Waals surface area contributed by atoms with Gasteiger partial charge in [-0.2, -0.15) is 0 Å². The van der Waals surface area contributed by atoms with Crippen molar-refractivity contribution in [3.63, 3.8) is 0 Å². The molecule has 1 atom stereocenters. The molecule has 2 N–H and O–H groups in total. The number of rotatable bonds is 2. The van der Waals surface area contributed by atoms with E-state index in [0.29, 0.717) is 18.0 Å². The third-order valence-electron chi connectivity index (χ3n) is 3.13. The van der Waals surface area contributed by atoms with Crippen molar-refractivity contribution >= 4 is 29.9 Å². The van der Waals surface area contributed by atoms with Crippen LogP contribution in [0.5, 0.6) is 0 Å². The molecule has 1 fully saturated rings. The number of nitrogens with zero attached hydrogens (tertiary/aromatic N) is 2. The molecule has 2 heterocycles. The molecule has 1 unspecified atom stereocenters. The van der Waals surface area contributed by atoms with Crippen LogP contribution in [0, 0.1) is 5.92 Å². The molecule has 1 aliphatic rings. The number of hydrogen-bond donors (Lipinski definition) is 1. The first-order valence-corrected chi connectivity index (χ1v) is 6.20. The van der Waals surface area contributed by atoms with Crippen LogP contribution in [-0.4, -0.2) is 35.4 Å². The molecule has 2 rings (SSSR count). The van der Waals surface area contributed by atoms with E-state index in [9.17, 15) is 4.79 Å². The van der Waals surface area contributed by atoms with Crippen LogP contribution in [0.4, 0.5) is 0 Å². The number of pyridine rings is 1. The maximum atomic E-state index is 12.2. The molecule has 0 saturated carbocycles. The van der Waals surface area contributed by atoms with E-state index in [-0.39, 0.29) is 23.5 Å².